The third-order valence-electron chi connectivity index (χ3n) is 5.56. The van der Waals surface area contributed by atoms with Gasteiger partial charge >= 0.3 is 0 Å². The standard InChI is InChI=1S/C30H23P/c31-30-20-28(26-15-7-13-24(17-26)22-9-3-1-4-10-22)19-29(21-30)27-16-8-14-25(18-27)23-11-5-2-6-12-23/h1-21H,31H2. The summed E-state index contributed by atoms with van der Waals surface area (Å²) in [6.45, 7) is 0. The number of benzene rings is 5. The van der Waals surface area contributed by atoms with Gasteiger partial charge in [0.15, 0.2) is 0 Å². The smallest absolute Gasteiger partial charge is 0.0171 e. The highest BCUT2D eigenvalue weighted by atomic mass is 31.0. The molecule has 0 saturated carbocycles. The topological polar surface area (TPSA) is 0 Å². The summed E-state index contributed by atoms with van der Waals surface area (Å²) in [7, 11) is 2.87. The van der Waals surface area contributed by atoms with E-state index >= 15 is 0 Å². The SMILES string of the molecule is Pc1cc(-c2cccc(-c3ccccc3)c2)cc(-c2cccc(-c3ccccc3)c2)c1. The molecule has 5 aromatic rings. The molecule has 0 N–H and O–H groups in total. The van der Waals surface area contributed by atoms with Crippen LogP contribution in [-0.2, 0) is 0 Å². The molecule has 0 aliphatic rings. The van der Waals surface area contributed by atoms with Crippen LogP contribution in [-0.4, -0.2) is 0 Å². The molecule has 0 amide bonds. The van der Waals surface area contributed by atoms with E-state index in [4.69, 9.17) is 0 Å². The van der Waals surface area contributed by atoms with Gasteiger partial charge in [-0.05, 0) is 80.1 Å². The van der Waals surface area contributed by atoms with E-state index in [0.717, 1.165) is 0 Å². The Labute approximate surface area is 186 Å². The Balaban J connectivity index is 1.56. The molecule has 148 valence electrons. The van der Waals surface area contributed by atoms with Crippen molar-refractivity contribution in [2.24, 2.45) is 0 Å². The molecule has 0 heterocycles. The number of hydrogen-bond acceptors (Lipinski definition) is 0. The fraction of sp³-hybridized carbons (Fsp3) is 0. The van der Waals surface area contributed by atoms with Gasteiger partial charge in [-0.15, -0.1) is 9.24 Å². The van der Waals surface area contributed by atoms with Crippen molar-refractivity contribution in [3.8, 4) is 44.5 Å². The minimum Gasteiger partial charge on any atom is -0.106 e. The third-order valence-corrected chi connectivity index (χ3v) is 5.89. The second kappa shape index (κ2) is 8.72. The molecule has 1 unspecified atom stereocenters. The molecule has 0 radical (unpaired) electrons. The first-order chi connectivity index (χ1) is 15.3. The van der Waals surface area contributed by atoms with Crippen molar-refractivity contribution in [3.05, 3.63) is 127 Å². The maximum absolute atomic E-state index is 2.87. The summed E-state index contributed by atoms with van der Waals surface area (Å²) in [6, 6.07) is 45.4. The normalized spacial score (nSPS) is 10.7. The molecular weight excluding hydrogens is 391 g/mol. The molecule has 1 atom stereocenters. The molecule has 0 spiro atoms. The predicted octanol–water partition coefficient (Wildman–Crippen LogP) is 7.86. The lowest BCUT2D eigenvalue weighted by Crippen LogP contribution is -1.94. The summed E-state index contributed by atoms with van der Waals surface area (Å²) in [5.41, 5.74) is 9.86. The average molecular weight is 414 g/mol. The minimum atomic E-state index is 1.18. The van der Waals surface area contributed by atoms with Crippen LogP contribution in [0.25, 0.3) is 44.5 Å². The van der Waals surface area contributed by atoms with Crippen molar-refractivity contribution < 1.29 is 0 Å². The Bertz CT molecular complexity index is 1220. The summed E-state index contributed by atoms with van der Waals surface area (Å²) < 4.78 is 0. The van der Waals surface area contributed by atoms with Gasteiger partial charge in [-0.3, -0.25) is 0 Å². The van der Waals surface area contributed by atoms with Crippen molar-refractivity contribution in [2.45, 2.75) is 0 Å². The summed E-state index contributed by atoms with van der Waals surface area (Å²) in [6.07, 6.45) is 0. The molecule has 0 aromatic heterocycles. The van der Waals surface area contributed by atoms with E-state index in [-0.39, 0.29) is 0 Å². The van der Waals surface area contributed by atoms with Gasteiger partial charge in [0, 0.05) is 0 Å². The van der Waals surface area contributed by atoms with Gasteiger partial charge in [0.2, 0.25) is 0 Å². The third kappa shape index (κ3) is 4.36. The Morgan fingerprint density at radius 3 is 1.03 bits per heavy atom. The zero-order valence-electron chi connectivity index (χ0n) is 17.2. The highest BCUT2D eigenvalue weighted by Gasteiger charge is 2.07. The monoisotopic (exact) mass is 414 g/mol. The zero-order chi connectivity index (χ0) is 21.0. The summed E-state index contributed by atoms with van der Waals surface area (Å²) in [5.74, 6) is 0. The lowest BCUT2D eigenvalue weighted by molar-refractivity contribution is 1.58. The fourth-order valence-corrected chi connectivity index (χ4v) is 4.36. The van der Waals surface area contributed by atoms with Crippen LogP contribution in [0.2, 0.25) is 0 Å². The van der Waals surface area contributed by atoms with E-state index < -0.39 is 0 Å². The molecular formula is C30H23P. The molecule has 0 bridgehead atoms. The van der Waals surface area contributed by atoms with Crippen LogP contribution in [0, 0.1) is 0 Å². The first-order valence-corrected chi connectivity index (χ1v) is 11.1. The van der Waals surface area contributed by atoms with Gasteiger partial charge in [0.25, 0.3) is 0 Å². The molecule has 0 aliphatic heterocycles. The molecule has 0 saturated heterocycles. The summed E-state index contributed by atoms with van der Waals surface area (Å²) in [4.78, 5) is 0. The van der Waals surface area contributed by atoms with Crippen molar-refractivity contribution in [1.82, 2.24) is 0 Å². The highest BCUT2D eigenvalue weighted by molar-refractivity contribution is 7.27. The first-order valence-electron chi connectivity index (χ1n) is 10.5. The lowest BCUT2D eigenvalue weighted by Gasteiger charge is -2.11. The van der Waals surface area contributed by atoms with Crippen molar-refractivity contribution in [2.75, 3.05) is 0 Å². The summed E-state index contributed by atoms with van der Waals surface area (Å²) >= 11 is 0. The van der Waals surface area contributed by atoms with E-state index in [1.165, 1.54) is 49.8 Å². The maximum atomic E-state index is 2.87. The lowest BCUT2D eigenvalue weighted by atomic mass is 9.95. The van der Waals surface area contributed by atoms with E-state index in [1.54, 1.807) is 0 Å². The molecule has 0 nitrogen and oxygen atoms in total. The van der Waals surface area contributed by atoms with Gasteiger partial charge in [0.05, 0.1) is 0 Å². The maximum Gasteiger partial charge on any atom is -0.0171 e. The van der Waals surface area contributed by atoms with Crippen LogP contribution in [0.4, 0.5) is 0 Å². The molecule has 5 aromatic carbocycles. The first kappa shape index (κ1) is 19.5. The second-order valence-electron chi connectivity index (χ2n) is 7.74. The summed E-state index contributed by atoms with van der Waals surface area (Å²) in [5, 5.41) is 1.18. The van der Waals surface area contributed by atoms with Crippen molar-refractivity contribution >= 4 is 14.5 Å². The second-order valence-corrected chi connectivity index (χ2v) is 8.40. The molecule has 0 aliphatic carbocycles. The predicted molar refractivity (Wildman–Crippen MR) is 138 cm³/mol. The largest absolute Gasteiger partial charge is 0.106 e. The molecule has 31 heavy (non-hydrogen) atoms. The van der Waals surface area contributed by atoms with Crippen molar-refractivity contribution in [1.29, 1.82) is 0 Å². The van der Waals surface area contributed by atoms with E-state index in [0.29, 0.717) is 0 Å². The van der Waals surface area contributed by atoms with E-state index in [1.807, 2.05) is 0 Å². The molecule has 5 rings (SSSR count). The number of hydrogen-bond donors (Lipinski definition) is 0. The van der Waals surface area contributed by atoms with Crippen LogP contribution < -0.4 is 5.30 Å². The van der Waals surface area contributed by atoms with Gasteiger partial charge in [-0.2, -0.15) is 0 Å². The Morgan fingerprint density at radius 2 is 0.613 bits per heavy atom. The molecule has 0 fully saturated rings. The zero-order valence-corrected chi connectivity index (χ0v) is 18.4. The van der Waals surface area contributed by atoms with Crippen LogP contribution in [0.5, 0.6) is 0 Å². The number of rotatable bonds is 4. The van der Waals surface area contributed by atoms with E-state index in [2.05, 4.69) is 137 Å². The van der Waals surface area contributed by atoms with Crippen LogP contribution in [0.3, 0.4) is 0 Å². The van der Waals surface area contributed by atoms with Gasteiger partial charge < -0.3 is 0 Å². The van der Waals surface area contributed by atoms with Crippen LogP contribution >= 0.6 is 9.24 Å². The van der Waals surface area contributed by atoms with Crippen LogP contribution in [0.1, 0.15) is 0 Å². The van der Waals surface area contributed by atoms with Gasteiger partial charge in [-0.25, -0.2) is 0 Å². The Kier molecular flexibility index (Phi) is 5.48. The van der Waals surface area contributed by atoms with Crippen LogP contribution in [0.15, 0.2) is 127 Å². The van der Waals surface area contributed by atoms with E-state index in [9.17, 15) is 0 Å². The Hall–Kier alpha value is -3.47. The average Bonchev–Trinajstić information content (AvgIpc) is 2.85. The van der Waals surface area contributed by atoms with Crippen molar-refractivity contribution in [3.63, 3.8) is 0 Å². The van der Waals surface area contributed by atoms with Gasteiger partial charge in [-0.1, -0.05) is 97.1 Å². The highest BCUT2D eigenvalue weighted by Crippen LogP contribution is 2.31. The minimum absolute atomic E-state index is 1.18. The van der Waals surface area contributed by atoms with Gasteiger partial charge in [0.1, 0.15) is 0 Å². The molecule has 1 heteroatoms. The Morgan fingerprint density at radius 1 is 0.290 bits per heavy atom. The quantitative estimate of drug-likeness (QED) is 0.263. The fourth-order valence-electron chi connectivity index (χ4n) is 4.00.